The van der Waals surface area contributed by atoms with Gasteiger partial charge in [0, 0.05) is 2.74 Å². The van der Waals surface area contributed by atoms with Gasteiger partial charge in [0.1, 0.15) is 0 Å². The van der Waals surface area contributed by atoms with Crippen molar-refractivity contribution in [3.05, 3.63) is 0 Å². The maximum Gasteiger partial charge on any atom is 0.0272 e. The summed E-state index contributed by atoms with van der Waals surface area (Å²) in [6, 6.07) is 0. The van der Waals surface area contributed by atoms with Crippen LogP contribution in [0.3, 0.4) is 0 Å². The van der Waals surface area contributed by atoms with Gasteiger partial charge in [-0.1, -0.05) is 27.2 Å². The minimum atomic E-state index is -1.05. The van der Waals surface area contributed by atoms with Gasteiger partial charge in [0.2, 0.25) is 0 Å². The normalized spacial score (nSPS) is 23.9. The summed E-state index contributed by atoms with van der Waals surface area (Å²) in [5.41, 5.74) is -0.247. The Hall–Kier alpha value is -0.0400. The topological polar surface area (TPSA) is 3.24 Å². The minimum Gasteiger partial charge on any atom is -0.303 e. The van der Waals surface area contributed by atoms with Crippen LogP contribution in [0.2, 0.25) is 0 Å². The Labute approximate surface area is 86.3 Å². The van der Waals surface area contributed by atoms with E-state index in [-0.39, 0.29) is 5.41 Å². The van der Waals surface area contributed by atoms with E-state index in [1.807, 2.05) is 20.8 Å². The average Bonchev–Trinajstić information content (AvgIpc) is 2.15. The van der Waals surface area contributed by atoms with Gasteiger partial charge in [-0.25, -0.2) is 0 Å². The lowest BCUT2D eigenvalue weighted by Crippen LogP contribution is -2.31. The summed E-state index contributed by atoms with van der Waals surface area (Å²) in [5.74, 6) is 0. The van der Waals surface area contributed by atoms with Crippen molar-refractivity contribution >= 4 is 0 Å². The number of nitrogens with zero attached hydrogens (tertiary/aromatic N) is 1. The molecule has 1 nitrogen and oxygen atoms in total. The molecule has 0 atom stereocenters. The summed E-state index contributed by atoms with van der Waals surface area (Å²) < 4.78 is 16.1. The number of hydrogen-bond donors (Lipinski definition) is 0. The summed E-state index contributed by atoms with van der Waals surface area (Å²) in [5, 5.41) is 0. The molecule has 0 saturated carbocycles. The van der Waals surface area contributed by atoms with E-state index in [2.05, 4.69) is 4.90 Å². The zero-order valence-electron chi connectivity index (χ0n) is 11.4. The standard InChI is InChI=1S/C12H25N/c1-12(2,3)8-7-11-13-9-5-4-6-10-13/h4-11H2,1-3H3/i8D2. The van der Waals surface area contributed by atoms with Crippen molar-refractivity contribution in [1.29, 1.82) is 0 Å². The molecule has 1 saturated heterocycles. The van der Waals surface area contributed by atoms with E-state index < -0.39 is 6.37 Å². The highest BCUT2D eigenvalue weighted by molar-refractivity contribution is 4.67. The van der Waals surface area contributed by atoms with E-state index in [1.165, 1.54) is 32.4 Å². The highest BCUT2D eigenvalue weighted by Gasteiger charge is 2.12. The van der Waals surface area contributed by atoms with E-state index in [0.29, 0.717) is 6.42 Å². The fourth-order valence-corrected chi connectivity index (χ4v) is 1.77. The summed E-state index contributed by atoms with van der Waals surface area (Å²) in [6.07, 6.45) is 3.54. The molecular formula is C12H25N. The molecule has 0 aliphatic carbocycles. The van der Waals surface area contributed by atoms with Gasteiger partial charge in [-0.3, -0.25) is 0 Å². The first-order valence-corrected chi connectivity index (χ1v) is 5.55. The second kappa shape index (κ2) is 4.99. The third-order valence-electron chi connectivity index (χ3n) is 2.53. The zero-order valence-corrected chi connectivity index (χ0v) is 9.40. The van der Waals surface area contributed by atoms with Gasteiger partial charge in [0.05, 0.1) is 0 Å². The second-order valence-corrected chi connectivity index (χ2v) is 5.08. The van der Waals surface area contributed by atoms with Crippen LogP contribution in [0, 0.1) is 5.41 Å². The molecule has 0 aromatic heterocycles. The molecule has 0 spiro atoms. The van der Waals surface area contributed by atoms with Crippen LogP contribution in [0.25, 0.3) is 0 Å². The van der Waals surface area contributed by atoms with Crippen LogP contribution in [0.1, 0.15) is 55.6 Å². The highest BCUT2D eigenvalue weighted by Crippen LogP contribution is 2.21. The molecule has 0 bridgehead atoms. The molecule has 0 aromatic rings. The zero-order chi connectivity index (χ0) is 11.5. The van der Waals surface area contributed by atoms with Crippen LogP contribution in [-0.2, 0) is 0 Å². The fraction of sp³-hybridized carbons (Fsp3) is 1.00. The van der Waals surface area contributed by atoms with Gasteiger partial charge < -0.3 is 4.90 Å². The molecule has 1 aliphatic rings. The van der Waals surface area contributed by atoms with Crippen LogP contribution in [0.4, 0.5) is 0 Å². The molecule has 78 valence electrons. The van der Waals surface area contributed by atoms with Crippen LogP contribution in [0.5, 0.6) is 0 Å². The molecule has 1 heterocycles. The van der Waals surface area contributed by atoms with Gasteiger partial charge in [0.25, 0.3) is 0 Å². The Morgan fingerprint density at radius 3 is 2.31 bits per heavy atom. The lowest BCUT2D eigenvalue weighted by molar-refractivity contribution is 0.212. The monoisotopic (exact) mass is 185 g/mol. The maximum absolute atomic E-state index is 8.04. The first kappa shape index (κ1) is 8.28. The quantitative estimate of drug-likeness (QED) is 0.652. The van der Waals surface area contributed by atoms with Crippen molar-refractivity contribution in [2.75, 3.05) is 19.6 Å². The molecule has 0 amide bonds. The van der Waals surface area contributed by atoms with Crippen molar-refractivity contribution in [2.24, 2.45) is 5.41 Å². The Morgan fingerprint density at radius 1 is 1.15 bits per heavy atom. The van der Waals surface area contributed by atoms with Crippen molar-refractivity contribution in [3.8, 4) is 0 Å². The summed E-state index contributed by atoms with van der Waals surface area (Å²) in [7, 11) is 0. The lowest BCUT2D eigenvalue weighted by Gasteiger charge is -2.27. The van der Waals surface area contributed by atoms with Crippen molar-refractivity contribution in [1.82, 2.24) is 4.90 Å². The molecule has 0 N–H and O–H groups in total. The van der Waals surface area contributed by atoms with Gasteiger partial charge in [-0.05, 0) is 50.7 Å². The Bertz CT molecular complexity index is 190. The molecule has 1 heteroatoms. The predicted octanol–water partition coefficient (Wildman–Crippen LogP) is 3.30. The average molecular weight is 185 g/mol. The number of piperidine rings is 1. The molecule has 1 rings (SSSR count). The van der Waals surface area contributed by atoms with Gasteiger partial charge in [-0.15, -0.1) is 0 Å². The van der Waals surface area contributed by atoms with Crippen LogP contribution in [-0.4, -0.2) is 24.5 Å². The molecule has 0 radical (unpaired) electrons. The number of rotatable bonds is 3. The van der Waals surface area contributed by atoms with Gasteiger partial charge in [0.15, 0.2) is 0 Å². The van der Waals surface area contributed by atoms with E-state index in [4.69, 9.17) is 2.74 Å². The molecule has 1 aliphatic heterocycles. The molecule has 0 aromatic carbocycles. The first-order valence-electron chi connectivity index (χ1n) is 6.55. The van der Waals surface area contributed by atoms with E-state index in [0.717, 1.165) is 6.54 Å². The highest BCUT2D eigenvalue weighted by atomic mass is 15.1. The van der Waals surface area contributed by atoms with E-state index >= 15 is 0 Å². The molecule has 0 unspecified atom stereocenters. The molecule has 1 fully saturated rings. The third-order valence-corrected chi connectivity index (χ3v) is 2.53. The van der Waals surface area contributed by atoms with E-state index in [9.17, 15) is 0 Å². The van der Waals surface area contributed by atoms with Gasteiger partial charge in [-0.2, -0.15) is 0 Å². The third kappa shape index (κ3) is 5.30. The Morgan fingerprint density at radius 2 is 1.77 bits per heavy atom. The summed E-state index contributed by atoms with van der Waals surface area (Å²) >= 11 is 0. The van der Waals surface area contributed by atoms with Crippen molar-refractivity contribution in [2.45, 2.75) is 52.8 Å². The SMILES string of the molecule is [2H]C([2H])(CCN1CCCCC1)C(C)(C)C. The fourth-order valence-electron chi connectivity index (χ4n) is 1.77. The maximum atomic E-state index is 8.04. The van der Waals surface area contributed by atoms with Crippen molar-refractivity contribution in [3.63, 3.8) is 0 Å². The van der Waals surface area contributed by atoms with Crippen LogP contribution < -0.4 is 0 Å². The molecule has 13 heavy (non-hydrogen) atoms. The van der Waals surface area contributed by atoms with Gasteiger partial charge >= 0.3 is 0 Å². The lowest BCUT2D eigenvalue weighted by atomic mass is 9.90. The smallest absolute Gasteiger partial charge is 0.0272 e. The van der Waals surface area contributed by atoms with E-state index in [1.54, 1.807) is 0 Å². The first-order chi connectivity index (χ1) is 6.83. The molecular weight excluding hydrogens is 158 g/mol. The minimum absolute atomic E-state index is 0.247. The van der Waals surface area contributed by atoms with Crippen molar-refractivity contribution < 1.29 is 2.74 Å². The summed E-state index contributed by atoms with van der Waals surface area (Å²) in [4.78, 5) is 2.41. The Kier molecular flexibility index (Phi) is 3.18. The van der Waals surface area contributed by atoms with Crippen LogP contribution in [0.15, 0.2) is 0 Å². The van der Waals surface area contributed by atoms with Crippen LogP contribution >= 0.6 is 0 Å². The predicted molar refractivity (Wildman–Crippen MR) is 59.0 cm³/mol. The number of likely N-dealkylation sites (tertiary alicyclic amines) is 1. The largest absolute Gasteiger partial charge is 0.303 e. The second-order valence-electron chi connectivity index (χ2n) is 5.08. The number of hydrogen-bond acceptors (Lipinski definition) is 1. The Balaban J connectivity index is 2.35. The summed E-state index contributed by atoms with van der Waals surface area (Å²) in [6.45, 7) is 9.22.